The Morgan fingerprint density at radius 2 is 2.09 bits per heavy atom. The number of rotatable bonds is 7. The third kappa shape index (κ3) is 5.89. The lowest BCUT2D eigenvalue weighted by molar-refractivity contribution is 0.136. The molecule has 1 aromatic carbocycles. The maximum absolute atomic E-state index is 9.86. The van der Waals surface area contributed by atoms with Crippen molar-refractivity contribution in [2.75, 3.05) is 25.4 Å². The highest BCUT2D eigenvalue weighted by Gasteiger charge is 2.24. The first kappa shape index (κ1) is 17.2. The van der Waals surface area contributed by atoms with Crippen molar-refractivity contribution in [3.8, 4) is 0 Å². The molecule has 3 N–H and O–H groups in total. The van der Waals surface area contributed by atoms with Crippen LogP contribution in [0, 0.1) is 5.92 Å². The van der Waals surface area contributed by atoms with Crippen molar-refractivity contribution in [2.24, 2.45) is 10.9 Å². The summed E-state index contributed by atoms with van der Waals surface area (Å²) in [4.78, 5) is 5.91. The largest absolute Gasteiger partial charge is 0.393 e. The van der Waals surface area contributed by atoms with E-state index in [4.69, 9.17) is 0 Å². The average molecular weight is 321 g/mol. The van der Waals surface area contributed by atoms with Gasteiger partial charge < -0.3 is 15.7 Å². The minimum absolute atomic E-state index is 0.166. The molecule has 1 aromatic rings. The van der Waals surface area contributed by atoms with Crippen LogP contribution in [0.2, 0.25) is 0 Å². The van der Waals surface area contributed by atoms with E-state index in [2.05, 4.69) is 46.8 Å². The molecular weight excluding hydrogens is 294 g/mol. The van der Waals surface area contributed by atoms with E-state index in [9.17, 15) is 5.11 Å². The zero-order valence-corrected chi connectivity index (χ0v) is 14.1. The van der Waals surface area contributed by atoms with Crippen LogP contribution in [0.15, 0.2) is 40.2 Å². The van der Waals surface area contributed by atoms with Gasteiger partial charge in [0.1, 0.15) is 0 Å². The summed E-state index contributed by atoms with van der Waals surface area (Å²) in [6, 6.07) is 10.4. The molecule has 0 amide bonds. The van der Waals surface area contributed by atoms with Gasteiger partial charge in [0, 0.05) is 36.2 Å². The molecule has 1 aliphatic rings. The topological polar surface area (TPSA) is 56.7 Å². The Kier molecular flexibility index (Phi) is 7.60. The molecule has 0 radical (unpaired) electrons. The molecule has 0 bridgehead atoms. The second-order valence-corrected chi connectivity index (χ2v) is 6.73. The zero-order valence-electron chi connectivity index (χ0n) is 13.3. The van der Waals surface area contributed by atoms with Gasteiger partial charge in [-0.15, -0.1) is 11.8 Å². The van der Waals surface area contributed by atoms with Crippen molar-refractivity contribution in [2.45, 2.75) is 37.2 Å². The van der Waals surface area contributed by atoms with Crippen molar-refractivity contribution in [1.29, 1.82) is 0 Å². The Labute approximate surface area is 137 Å². The van der Waals surface area contributed by atoms with Gasteiger partial charge >= 0.3 is 0 Å². The molecule has 0 heterocycles. The summed E-state index contributed by atoms with van der Waals surface area (Å²) in [6.07, 6.45) is 2.98. The predicted octanol–water partition coefficient (Wildman–Crippen LogP) is 2.49. The first-order valence-electron chi connectivity index (χ1n) is 8.17. The fraction of sp³-hybridized carbons (Fsp3) is 0.588. The van der Waals surface area contributed by atoms with Gasteiger partial charge in [0.25, 0.3) is 0 Å². The number of nitrogens with one attached hydrogen (secondary N) is 2. The van der Waals surface area contributed by atoms with Gasteiger partial charge in [0.15, 0.2) is 5.96 Å². The zero-order chi connectivity index (χ0) is 15.6. The van der Waals surface area contributed by atoms with Crippen LogP contribution >= 0.6 is 11.8 Å². The lowest BCUT2D eigenvalue weighted by Crippen LogP contribution is -2.39. The van der Waals surface area contributed by atoms with E-state index in [1.165, 1.54) is 4.90 Å². The number of guanidine groups is 1. The number of aliphatic imine (C=N–C) groups is 1. The number of benzene rings is 1. The van der Waals surface area contributed by atoms with E-state index in [0.29, 0.717) is 12.5 Å². The molecule has 2 rings (SSSR count). The van der Waals surface area contributed by atoms with Gasteiger partial charge in [-0.3, -0.25) is 4.99 Å². The summed E-state index contributed by atoms with van der Waals surface area (Å²) < 4.78 is 0. The van der Waals surface area contributed by atoms with E-state index in [1.807, 2.05) is 17.8 Å². The first-order valence-corrected chi connectivity index (χ1v) is 9.16. The van der Waals surface area contributed by atoms with Crippen LogP contribution < -0.4 is 10.6 Å². The number of thioether (sulfide) groups is 1. The Bertz CT molecular complexity index is 452. The second-order valence-electron chi connectivity index (χ2n) is 5.57. The Morgan fingerprint density at radius 3 is 2.77 bits per heavy atom. The van der Waals surface area contributed by atoms with E-state index in [1.54, 1.807) is 0 Å². The number of hydrogen-bond donors (Lipinski definition) is 3. The molecule has 0 aromatic heterocycles. The summed E-state index contributed by atoms with van der Waals surface area (Å²) in [5.41, 5.74) is 0. The van der Waals surface area contributed by atoms with Crippen LogP contribution in [0.4, 0.5) is 0 Å². The van der Waals surface area contributed by atoms with E-state index in [0.717, 1.165) is 44.1 Å². The van der Waals surface area contributed by atoms with E-state index < -0.39 is 0 Å². The molecular formula is C17H27N3OS. The summed E-state index contributed by atoms with van der Waals surface area (Å²) in [5, 5.41) is 16.5. The molecule has 1 saturated carbocycles. The molecule has 4 nitrogen and oxygen atoms in total. The number of hydrogen-bond acceptors (Lipinski definition) is 3. The molecule has 22 heavy (non-hydrogen) atoms. The molecule has 0 spiro atoms. The molecule has 1 fully saturated rings. The Balaban J connectivity index is 1.71. The molecule has 0 aliphatic heterocycles. The van der Waals surface area contributed by atoms with Crippen molar-refractivity contribution < 1.29 is 5.11 Å². The van der Waals surface area contributed by atoms with Gasteiger partial charge in [-0.25, -0.2) is 0 Å². The minimum atomic E-state index is -0.166. The van der Waals surface area contributed by atoms with E-state index >= 15 is 0 Å². The molecule has 1 aliphatic carbocycles. The first-order chi connectivity index (χ1) is 10.8. The lowest BCUT2D eigenvalue weighted by atomic mass is 10.1. The van der Waals surface area contributed by atoms with Crippen LogP contribution in [0.5, 0.6) is 0 Å². The highest BCUT2D eigenvalue weighted by atomic mass is 32.2. The second kappa shape index (κ2) is 9.74. The van der Waals surface area contributed by atoms with Crippen molar-refractivity contribution >= 4 is 17.7 Å². The van der Waals surface area contributed by atoms with Crippen molar-refractivity contribution in [3.05, 3.63) is 30.3 Å². The smallest absolute Gasteiger partial charge is 0.191 e. The third-order valence-electron chi connectivity index (χ3n) is 3.85. The molecule has 0 saturated heterocycles. The van der Waals surface area contributed by atoms with Gasteiger partial charge in [-0.1, -0.05) is 24.6 Å². The van der Waals surface area contributed by atoms with Gasteiger partial charge in [0.2, 0.25) is 0 Å². The molecule has 5 heteroatoms. The molecule has 2 unspecified atom stereocenters. The number of nitrogens with zero attached hydrogens (tertiary/aromatic N) is 1. The van der Waals surface area contributed by atoms with Crippen LogP contribution in [-0.4, -0.2) is 42.6 Å². The standard InChI is InChI=1S/C17H27N3OS/c1-2-18-17(20-13-14-7-6-10-16(14)21)19-11-12-22-15-8-4-3-5-9-15/h3-5,8-9,14,16,21H,2,6-7,10-13H2,1H3,(H2,18,19,20). The SMILES string of the molecule is CCNC(=NCC1CCCC1O)NCCSc1ccccc1. The van der Waals surface area contributed by atoms with Crippen LogP contribution in [0.3, 0.4) is 0 Å². The Morgan fingerprint density at radius 1 is 1.27 bits per heavy atom. The number of aliphatic hydroxyl groups excluding tert-OH is 1. The van der Waals surface area contributed by atoms with Gasteiger partial charge in [-0.05, 0) is 31.9 Å². The van der Waals surface area contributed by atoms with Gasteiger partial charge in [0.05, 0.1) is 6.10 Å². The van der Waals surface area contributed by atoms with E-state index in [-0.39, 0.29) is 6.10 Å². The predicted molar refractivity (Wildman–Crippen MR) is 94.5 cm³/mol. The van der Waals surface area contributed by atoms with Crippen molar-refractivity contribution in [1.82, 2.24) is 10.6 Å². The third-order valence-corrected chi connectivity index (χ3v) is 4.87. The van der Waals surface area contributed by atoms with Crippen LogP contribution in [0.25, 0.3) is 0 Å². The highest BCUT2D eigenvalue weighted by Crippen LogP contribution is 2.25. The summed E-state index contributed by atoms with van der Waals surface area (Å²) in [6.45, 7) is 4.51. The van der Waals surface area contributed by atoms with Crippen molar-refractivity contribution in [3.63, 3.8) is 0 Å². The highest BCUT2D eigenvalue weighted by molar-refractivity contribution is 7.99. The normalized spacial score (nSPS) is 21.8. The lowest BCUT2D eigenvalue weighted by Gasteiger charge is -2.14. The minimum Gasteiger partial charge on any atom is -0.393 e. The fourth-order valence-electron chi connectivity index (χ4n) is 2.64. The van der Waals surface area contributed by atoms with Crippen LogP contribution in [-0.2, 0) is 0 Å². The summed E-state index contributed by atoms with van der Waals surface area (Å²) in [7, 11) is 0. The average Bonchev–Trinajstić information content (AvgIpc) is 2.95. The Hall–Kier alpha value is -1.20. The number of aliphatic hydroxyl groups is 1. The maximum Gasteiger partial charge on any atom is 0.191 e. The summed E-state index contributed by atoms with van der Waals surface area (Å²) in [5.74, 6) is 2.19. The summed E-state index contributed by atoms with van der Waals surface area (Å²) >= 11 is 1.84. The van der Waals surface area contributed by atoms with Gasteiger partial charge in [-0.2, -0.15) is 0 Å². The quantitative estimate of drug-likeness (QED) is 0.313. The molecule has 122 valence electrons. The maximum atomic E-state index is 9.86. The fourth-order valence-corrected chi connectivity index (χ4v) is 3.42. The molecule has 2 atom stereocenters. The van der Waals surface area contributed by atoms with Crippen LogP contribution in [0.1, 0.15) is 26.2 Å². The monoisotopic (exact) mass is 321 g/mol.